The summed E-state index contributed by atoms with van der Waals surface area (Å²) in [4.78, 5) is 24.2. The van der Waals surface area contributed by atoms with E-state index in [2.05, 4.69) is 20.6 Å². The van der Waals surface area contributed by atoms with Gasteiger partial charge in [0.05, 0.1) is 5.69 Å². The van der Waals surface area contributed by atoms with Crippen LogP contribution in [0.15, 0.2) is 36.5 Å². The van der Waals surface area contributed by atoms with Crippen molar-refractivity contribution in [3.8, 4) is 0 Å². The molecule has 1 aromatic carbocycles. The third-order valence-corrected chi connectivity index (χ3v) is 4.04. The largest absolute Gasteiger partial charge is 0.367 e. The average Bonchev–Trinajstić information content (AvgIpc) is 3.03. The van der Waals surface area contributed by atoms with Crippen LogP contribution in [0.25, 0.3) is 0 Å². The molecule has 1 aliphatic heterocycles. The van der Waals surface area contributed by atoms with Crippen LogP contribution in [0.4, 0.5) is 26.6 Å². The maximum atomic E-state index is 13.9. The Bertz CT molecular complexity index is 753. The van der Waals surface area contributed by atoms with Crippen molar-refractivity contribution in [2.24, 2.45) is 0 Å². The molecule has 8 heteroatoms. The number of halogens is 1. The fourth-order valence-electron chi connectivity index (χ4n) is 2.79. The van der Waals surface area contributed by atoms with E-state index in [1.54, 1.807) is 30.5 Å². The van der Waals surface area contributed by atoms with E-state index in [0.717, 1.165) is 6.42 Å². The van der Waals surface area contributed by atoms with Gasteiger partial charge in [-0.2, -0.15) is 4.98 Å². The highest BCUT2D eigenvalue weighted by atomic mass is 19.1. The number of amides is 2. The van der Waals surface area contributed by atoms with Crippen molar-refractivity contribution >= 4 is 23.5 Å². The van der Waals surface area contributed by atoms with Gasteiger partial charge in [-0.1, -0.05) is 12.1 Å². The predicted molar refractivity (Wildman–Crippen MR) is 95.5 cm³/mol. The summed E-state index contributed by atoms with van der Waals surface area (Å²) in [6.07, 6.45) is 2.34. The van der Waals surface area contributed by atoms with Gasteiger partial charge in [0, 0.05) is 39.4 Å². The Labute approximate surface area is 145 Å². The Kier molecular flexibility index (Phi) is 4.97. The summed E-state index contributed by atoms with van der Waals surface area (Å²) in [5, 5.41) is 5.53. The minimum atomic E-state index is -0.365. The van der Waals surface area contributed by atoms with Gasteiger partial charge in [0.2, 0.25) is 5.95 Å². The summed E-state index contributed by atoms with van der Waals surface area (Å²) in [7, 11) is 3.73. The molecule has 0 bridgehead atoms. The summed E-state index contributed by atoms with van der Waals surface area (Å²) in [6, 6.07) is 8.00. The Hall–Kier alpha value is -2.90. The van der Waals surface area contributed by atoms with Gasteiger partial charge in [0.15, 0.2) is 0 Å². The molecular formula is C17H21FN6O. The number of aromatic nitrogens is 2. The number of rotatable bonds is 4. The van der Waals surface area contributed by atoms with Crippen molar-refractivity contribution in [3.05, 3.63) is 42.3 Å². The molecule has 0 saturated carbocycles. The van der Waals surface area contributed by atoms with E-state index >= 15 is 0 Å². The highest BCUT2D eigenvalue weighted by molar-refractivity contribution is 5.87. The summed E-state index contributed by atoms with van der Waals surface area (Å²) >= 11 is 0. The van der Waals surface area contributed by atoms with Gasteiger partial charge < -0.3 is 15.1 Å². The number of carbonyl (C=O) groups excluding carboxylic acids is 1. The standard InChI is InChI=1S/C17H21FN6O/c1-23(2)15-7-9-19-16(21-15)22-17(25)20-12-8-10-24(11-12)14-6-4-3-5-13(14)18/h3-7,9,12H,8,10-11H2,1-2H3,(H2,19,20,21,22,25). The number of hydrogen-bond acceptors (Lipinski definition) is 5. The molecule has 0 radical (unpaired) electrons. The molecule has 1 unspecified atom stereocenters. The predicted octanol–water partition coefficient (Wildman–Crippen LogP) is 2.08. The van der Waals surface area contributed by atoms with Crippen molar-refractivity contribution in [2.75, 3.05) is 42.3 Å². The van der Waals surface area contributed by atoms with Crippen LogP contribution in [0.3, 0.4) is 0 Å². The first-order chi connectivity index (χ1) is 12.0. The summed E-state index contributed by atoms with van der Waals surface area (Å²) < 4.78 is 13.9. The number of anilines is 3. The molecule has 132 valence electrons. The first-order valence-corrected chi connectivity index (χ1v) is 8.10. The third kappa shape index (κ3) is 4.14. The van der Waals surface area contributed by atoms with Gasteiger partial charge in [-0.15, -0.1) is 0 Å². The monoisotopic (exact) mass is 344 g/mol. The average molecular weight is 344 g/mol. The molecule has 2 heterocycles. The Morgan fingerprint density at radius 3 is 2.88 bits per heavy atom. The van der Waals surface area contributed by atoms with Gasteiger partial charge in [-0.3, -0.25) is 5.32 Å². The normalized spacial score (nSPS) is 16.6. The molecule has 25 heavy (non-hydrogen) atoms. The molecule has 2 amide bonds. The van der Waals surface area contributed by atoms with Crippen molar-refractivity contribution in [1.82, 2.24) is 15.3 Å². The van der Waals surface area contributed by atoms with Crippen LogP contribution >= 0.6 is 0 Å². The van der Waals surface area contributed by atoms with E-state index in [0.29, 0.717) is 24.6 Å². The lowest BCUT2D eigenvalue weighted by Gasteiger charge is -2.19. The van der Waals surface area contributed by atoms with E-state index < -0.39 is 0 Å². The van der Waals surface area contributed by atoms with Crippen LogP contribution in [0.2, 0.25) is 0 Å². The quantitative estimate of drug-likeness (QED) is 0.888. The van der Waals surface area contributed by atoms with Gasteiger partial charge in [-0.25, -0.2) is 14.2 Å². The number of para-hydroxylation sites is 1. The number of nitrogens with zero attached hydrogens (tertiary/aromatic N) is 4. The molecule has 0 aliphatic carbocycles. The zero-order valence-corrected chi connectivity index (χ0v) is 14.2. The lowest BCUT2D eigenvalue weighted by Crippen LogP contribution is -2.40. The van der Waals surface area contributed by atoms with E-state index in [1.807, 2.05) is 23.9 Å². The smallest absolute Gasteiger partial charge is 0.321 e. The van der Waals surface area contributed by atoms with Crippen LogP contribution in [0.5, 0.6) is 0 Å². The number of urea groups is 1. The third-order valence-electron chi connectivity index (χ3n) is 4.04. The molecule has 1 saturated heterocycles. The highest BCUT2D eigenvalue weighted by Crippen LogP contribution is 2.23. The van der Waals surface area contributed by atoms with E-state index in [-0.39, 0.29) is 23.8 Å². The van der Waals surface area contributed by atoms with Crippen molar-refractivity contribution in [1.29, 1.82) is 0 Å². The number of benzene rings is 1. The fourth-order valence-corrected chi connectivity index (χ4v) is 2.79. The number of nitrogens with one attached hydrogen (secondary N) is 2. The molecule has 1 fully saturated rings. The lowest BCUT2D eigenvalue weighted by molar-refractivity contribution is 0.249. The number of hydrogen-bond donors (Lipinski definition) is 2. The van der Waals surface area contributed by atoms with Crippen molar-refractivity contribution in [2.45, 2.75) is 12.5 Å². The second-order valence-electron chi connectivity index (χ2n) is 6.11. The minimum Gasteiger partial charge on any atom is -0.367 e. The molecular weight excluding hydrogens is 323 g/mol. The van der Waals surface area contributed by atoms with E-state index in [4.69, 9.17) is 0 Å². The summed E-state index contributed by atoms with van der Waals surface area (Å²) in [5.41, 5.74) is 0.564. The van der Waals surface area contributed by atoms with Crippen LogP contribution in [0, 0.1) is 5.82 Å². The Morgan fingerprint density at radius 2 is 2.12 bits per heavy atom. The molecule has 1 atom stereocenters. The van der Waals surface area contributed by atoms with Crippen LogP contribution in [0.1, 0.15) is 6.42 Å². The van der Waals surface area contributed by atoms with Gasteiger partial charge in [0.1, 0.15) is 11.6 Å². The molecule has 7 nitrogen and oxygen atoms in total. The first kappa shape index (κ1) is 16.9. The zero-order chi connectivity index (χ0) is 17.8. The van der Waals surface area contributed by atoms with Crippen LogP contribution in [-0.2, 0) is 0 Å². The lowest BCUT2D eigenvalue weighted by atomic mass is 10.2. The van der Waals surface area contributed by atoms with Crippen molar-refractivity contribution in [3.63, 3.8) is 0 Å². The Balaban J connectivity index is 1.56. The number of carbonyl (C=O) groups is 1. The maximum Gasteiger partial charge on any atom is 0.321 e. The van der Waals surface area contributed by atoms with Gasteiger partial charge in [-0.05, 0) is 24.6 Å². The summed E-state index contributed by atoms with van der Waals surface area (Å²) in [6.45, 7) is 1.26. The fraction of sp³-hybridized carbons (Fsp3) is 0.353. The van der Waals surface area contributed by atoms with Gasteiger partial charge in [0.25, 0.3) is 0 Å². The Morgan fingerprint density at radius 1 is 1.32 bits per heavy atom. The molecule has 2 N–H and O–H groups in total. The van der Waals surface area contributed by atoms with Crippen molar-refractivity contribution < 1.29 is 9.18 Å². The highest BCUT2D eigenvalue weighted by Gasteiger charge is 2.25. The van der Waals surface area contributed by atoms with Gasteiger partial charge >= 0.3 is 6.03 Å². The molecule has 0 spiro atoms. The molecule has 1 aromatic heterocycles. The first-order valence-electron chi connectivity index (χ1n) is 8.10. The molecule has 3 rings (SSSR count). The van der Waals surface area contributed by atoms with E-state index in [1.165, 1.54) is 6.07 Å². The van der Waals surface area contributed by atoms with E-state index in [9.17, 15) is 9.18 Å². The second kappa shape index (κ2) is 7.33. The molecule has 1 aliphatic rings. The summed E-state index contributed by atoms with van der Waals surface area (Å²) in [5.74, 6) is 0.700. The molecule has 2 aromatic rings. The minimum absolute atomic E-state index is 0.0587. The topological polar surface area (TPSA) is 73.4 Å². The second-order valence-corrected chi connectivity index (χ2v) is 6.11. The SMILES string of the molecule is CN(C)c1ccnc(NC(=O)NC2CCN(c3ccccc3F)C2)n1. The maximum absolute atomic E-state index is 13.9. The van der Waals surface area contributed by atoms with Crippen LogP contribution in [-0.4, -0.2) is 49.2 Å². The van der Waals surface area contributed by atoms with Crippen LogP contribution < -0.4 is 20.4 Å². The zero-order valence-electron chi connectivity index (χ0n) is 14.2.